The van der Waals surface area contributed by atoms with Crippen LogP contribution in [0.4, 0.5) is 0 Å². The van der Waals surface area contributed by atoms with Crippen LogP contribution in [0.1, 0.15) is 41.3 Å². The molecule has 2 atom stereocenters. The second kappa shape index (κ2) is 6.03. The second-order valence-electron chi connectivity index (χ2n) is 6.41. The Morgan fingerprint density at radius 3 is 2.78 bits per heavy atom. The maximum Gasteiger partial charge on any atom is 0.264 e. The highest BCUT2D eigenvalue weighted by molar-refractivity contribution is 8.01. The Bertz CT molecular complexity index is 704. The third kappa shape index (κ3) is 2.75. The van der Waals surface area contributed by atoms with Crippen molar-refractivity contribution in [2.75, 3.05) is 13.1 Å². The molecule has 0 aliphatic carbocycles. The molecule has 2 unspecified atom stereocenters. The van der Waals surface area contributed by atoms with Gasteiger partial charge >= 0.3 is 0 Å². The van der Waals surface area contributed by atoms with Gasteiger partial charge in [0.15, 0.2) is 5.16 Å². The number of aromatic nitrogens is 3. The van der Waals surface area contributed by atoms with Crippen LogP contribution in [0.5, 0.6) is 0 Å². The van der Waals surface area contributed by atoms with E-state index in [1.165, 1.54) is 22.4 Å². The van der Waals surface area contributed by atoms with E-state index in [2.05, 4.69) is 39.4 Å². The highest BCUT2D eigenvalue weighted by Gasteiger charge is 2.43. The van der Waals surface area contributed by atoms with Crippen LogP contribution in [0.2, 0.25) is 0 Å². The average Bonchev–Trinajstić information content (AvgIpc) is 3.22. The van der Waals surface area contributed by atoms with Crippen molar-refractivity contribution in [3.63, 3.8) is 0 Å². The molecule has 122 valence electrons. The molecule has 0 saturated carbocycles. The zero-order valence-electron chi connectivity index (χ0n) is 13.3. The summed E-state index contributed by atoms with van der Waals surface area (Å²) in [5.41, 5.74) is 0. The van der Waals surface area contributed by atoms with Gasteiger partial charge in [-0.1, -0.05) is 24.8 Å². The highest BCUT2D eigenvalue weighted by atomic mass is 32.2. The van der Waals surface area contributed by atoms with Crippen molar-refractivity contribution in [3.05, 3.63) is 28.2 Å². The van der Waals surface area contributed by atoms with Gasteiger partial charge in [0, 0.05) is 4.88 Å². The predicted octanol–water partition coefficient (Wildman–Crippen LogP) is 3.24. The van der Waals surface area contributed by atoms with Gasteiger partial charge in [-0.3, -0.25) is 9.69 Å². The van der Waals surface area contributed by atoms with E-state index in [1.807, 2.05) is 6.92 Å². The van der Waals surface area contributed by atoms with Crippen LogP contribution >= 0.6 is 23.1 Å². The van der Waals surface area contributed by atoms with E-state index in [1.54, 1.807) is 23.1 Å². The van der Waals surface area contributed by atoms with E-state index in [0.717, 1.165) is 24.2 Å². The first-order valence-corrected chi connectivity index (χ1v) is 9.81. The smallest absolute Gasteiger partial charge is 0.264 e. The number of rotatable bonds is 3. The molecule has 2 aromatic heterocycles. The summed E-state index contributed by atoms with van der Waals surface area (Å²) < 4.78 is 1.50. The number of likely N-dealkylation sites (tertiary alicyclic amines) is 1. The van der Waals surface area contributed by atoms with Crippen LogP contribution in [0.15, 0.2) is 22.7 Å². The second-order valence-corrected chi connectivity index (χ2v) is 8.50. The van der Waals surface area contributed by atoms with Gasteiger partial charge in [-0.25, -0.2) is 4.98 Å². The number of carbonyl (C=O) groups is 1. The van der Waals surface area contributed by atoms with Crippen LogP contribution in [-0.4, -0.2) is 43.9 Å². The van der Waals surface area contributed by atoms with Crippen molar-refractivity contribution in [1.82, 2.24) is 19.7 Å². The number of nitrogens with zero attached hydrogens (tertiary/aromatic N) is 4. The molecule has 4 heterocycles. The SMILES string of the molecule is Cc1nc2n(n1)C(=O)C(C(c1cccs1)N1CCC(C)CC1)S2. The van der Waals surface area contributed by atoms with Crippen LogP contribution in [0.25, 0.3) is 0 Å². The zero-order valence-corrected chi connectivity index (χ0v) is 14.9. The van der Waals surface area contributed by atoms with Gasteiger partial charge in [0.1, 0.15) is 11.1 Å². The molecule has 0 aromatic carbocycles. The number of thioether (sulfide) groups is 1. The van der Waals surface area contributed by atoms with Crippen molar-refractivity contribution in [2.24, 2.45) is 5.92 Å². The van der Waals surface area contributed by atoms with Crippen LogP contribution in [-0.2, 0) is 0 Å². The Labute approximate surface area is 144 Å². The summed E-state index contributed by atoms with van der Waals surface area (Å²) in [7, 11) is 0. The van der Waals surface area contributed by atoms with Gasteiger partial charge in [-0.2, -0.15) is 4.68 Å². The summed E-state index contributed by atoms with van der Waals surface area (Å²) in [6.45, 7) is 6.26. The molecule has 5 nitrogen and oxygen atoms in total. The van der Waals surface area contributed by atoms with Gasteiger partial charge in [0.05, 0.1) is 6.04 Å². The molecule has 0 bridgehead atoms. The predicted molar refractivity (Wildman–Crippen MR) is 92.1 cm³/mol. The quantitative estimate of drug-likeness (QED) is 0.852. The summed E-state index contributed by atoms with van der Waals surface area (Å²) in [6.07, 6.45) is 2.41. The lowest BCUT2D eigenvalue weighted by Crippen LogP contribution is -2.42. The molecule has 4 rings (SSSR count). The summed E-state index contributed by atoms with van der Waals surface area (Å²) in [4.78, 5) is 21.0. The number of hydrogen-bond donors (Lipinski definition) is 0. The Hall–Kier alpha value is -1.18. The molecule has 1 fully saturated rings. The maximum absolute atomic E-state index is 12.9. The highest BCUT2D eigenvalue weighted by Crippen LogP contribution is 2.43. The standard InChI is InChI=1S/C16H20N4OS2/c1-10-5-7-19(8-6-10)13(12-4-3-9-22-12)14-15(21)20-16(23-14)17-11(2)18-20/h3-4,9-10,13-14H,5-8H2,1-2H3. The van der Waals surface area contributed by atoms with Gasteiger partial charge in [-0.05, 0) is 50.2 Å². The molecule has 0 radical (unpaired) electrons. The molecule has 2 aliphatic heterocycles. The summed E-state index contributed by atoms with van der Waals surface area (Å²) in [5.74, 6) is 1.52. The van der Waals surface area contributed by atoms with Crippen molar-refractivity contribution in [2.45, 2.75) is 43.1 Å². The lowest BCUT2D eigenvalue weighted by atomic mass is 9.96. The van der Waals surface area contributed by atoms with E-state index in [9.17, 15) is 4.79 Å². The lowest BCUT2D eigenvalue weighted by molar-refractivity contribution is 0.0803. The van der Waals surface area contributed by atoms with Gasteiger partial charge in [0.25, 0.3) is 5.91 Å². The lowest BCUT2D eigenvalue weighted by Gasteiger charge is -2.38. The topological polar surface area (TPSA) is 51.0 Å². The normalized spacial score (nSPS) is 24.1. The number of fused-ring (bicyclic) bond motifs is 1. The zero-order chi connectivity index (χ0) is 16.0. The maximum atomic E-state index is 12.9. The minimum atomic E-state index is -0.141. The van der Waals surface area contributed by atoms with E-state index >= 15 is 0 Å². The van der Waals surface area contributed by atoms with E-state index in [0.29, 0.717) is 5.82 Å². The number of carbonyl (C=O) groups excluding carboxylic acids is 1. The molecule has 0 amide bonds. The molecule has 0 N–H and O–H groups in total. The van der Waals surface area contributed by atoms with Crippen LogP contribution in [0, 0.1) is 12.8 Å². The van der Waals surface area contributed by atoms with Gasteiger partial charge in [0.2, 0.25) is 0 Å². The minimum absolute atomic E-state index is 0.0719. The average molecular weight is 348 g/mol. The summed E-state index contributed by atoms with van der Waals surface area (Å²) in [5, 5.41) is 6.96. The first-order chi connectivity index (χ1) is 11.1. The fourth-order valence-corrected chi connectivity index (χ4v) is 5.66. The number of piperidine rings is 1. The first-order valence-electron chi connectivity index (χ1n) is 8.05. The van der Waals surface area contributed by atoms with Crippen molar-refractivity contribution >= 4 is 29.0 Å². The number of thiophene rings is 1. The van der Waals surface area contributed by atoms with Crippen LogP contribution < -0.4 is 0 Å². The molecular weight excluding hydrogens is 328 g/mol. The Balaban J connectivity index is 1.64. The molecule has 2 aromatic rings. The van der Waals surface area contributed by atoms with E-state index in [-0.39, 0.29) is 17.2 Å². The molecule has 1 saturated heterocycles. The fraction of sp³-hybridized carbons (Fsp3) is 0.562. The van der Waals surface area contributed by atoms with E-state index < -0.39 is 0 Å². The van der Waals surface area contributed by atoms with E-state index in [4.69, 9.17) is 0 Å². The molecular formula is C16H20N4OS2. The third-order valence-corrected chi connectivity index (χ3v) is 6.83. The summed E-state index contributed by atoms with van der Waals surface area (Å²) >= 11 is 3.31. The molecule has 23 heavy (non-hydrogen) atoms. The molecule has 2 aliphatic rings. The van der Waals surface area contributed by atoms with Gasteiger partial charge in [-0.15, -0.1) is 16.4 Å². The Kier molecular flexibility index (Phi) is 4.03. The van der Waals surface area contributed by atoms with Crippen LogP contribution in [0.3, 0.4) is 0 Å². The number of aryl methyl sites for hydroxylation is 1. The Morgan fingerprint density at radius 1 is 1.35 bits per heavy atom. The fourth-order valence-electron chi connectivity index (χ4n) is 3.39. The largest absolute Gasteiger partial charge is 0.294 e. The molecule has 7 heteroatoms. The van der Waals surface area contributed by atoms with Crippen molar-refractivity contribution in [3.8, 4) is 0 Å². The number of hydrogen-bond acceptors (Lipinski definition) is 6. The monoisotopic (exact) mass is 348 g/mol. The summed E-state index contributed by atoms with van der Waals surface area (Å²) in [6, 6.07) is 4.36. The molecule has 0 spiro atoms. The Morgan fingerprint density at radius 2 is 2.13 bits per heavy atom. The van der Waals surface area contributed by atoms with Gasteiger partial charge < -0.3 is 0 Å². The minimum Gasteiger partial charge on any atom is -0.294 e. The van der Waals surface area contributed by atoms with Crippen molar-refractivity contribution in [1.29, 1.82) is 0 Å². The first kappa shape index (κ1) is 15.4. The third-order valence-electron chi connectivity index (χ3n) is 4.70. The van der Waals surface area contributed by atoms with Crippen molar-refractivity contribution < 1.29 is 4.79 Å².